The standard InChI is InChI=1S/C28H37FN2O4/c1-18(2)17-31(22-8-6-5-7-9-22)26-13-12-23(35-20(4)28(33)34)16-25(26)30-27(32)15-21-11-10-19(3)14-24(21)29/h10-14,16,18,20,22H,5-9,15,17H2,1-4H3,(H,30,32)(H,33,34). The van der Waals surface area contributed by atoms with Crippen LogP contribution >= 0.6 is 0 Å². The van der Waals surface area contributed by atoms with Gasteiger partial charge in [-0.2, -0.15) is 0 Å². The molecule has 6 nitrogen and oxygen atoms in total. The number of carbonyl (C=O) groups excluding carboxylic acids is 1. The van der Waals surface area contributed by atoms with Gasteiger partial charge in [0.2, 0.25) is 5.91 Å². The largest absolute Gasteiger partial charge is 0.479 e. The Morgan fingerprint density at radius 3 is 2.46 bits per heavy atom. The SMILES string of the molecule is Cc1ccc(CC(=O)Nc2cc(OC(C)C(=O)O)ccc2N(CC(C)C)C2CCCCC2)c(F)c1. The number of benzene rings is 2. The smallest absolute Gasteiger partial charge is 0.344 e. The number of anilines is 2. The van der Waals surface area contributed by atoms with E-state index in [2.05, 4.69) is 24.1 Å². The van der Waals surface area contributed by atoms with Crippen LogP contribution in [0.4, 0.5) is 15.8 Å². The Kier molecular flexibility index (Phi) is 9.13. The summed E-state index contributed by atoms with van der Waals surface area (Å²) < 4.78 is 19.9. The Bertz CT molecular complexity index is 1030. The molecule has 0 spiro atoms. The summed E-state index contributed by atoms with van der Waals surface area (Å²) in [5.74, 6) is -1.06. The van der Waals surface area contributed by atoms with Crippen LogP contribution in [0.25, 0.3) is 0 Å². The fraction of sp³-hybridized carbons (Fsp3) is 0.500. The molecule has 190 valence electrons. The minimum Gasteiger partial charge on any atom is -0.479 e. The van der Waals surface area contributed by atoms with Crippen LogP contribution < -0.4 is 15.0 Å². The molecule has 2 aromatic rings. The summed E-state index contributed by atoms with van der Waals surface area (Å²) in [6.07, 6.45) is 4.62. The maximum absolute atomic E-state index is 14.4. The van der Waals surface area contributed by atoms with E-state index in [1.807, 2.05) is 6.07 Å². The maximum Gasteiger partial charge on any atom is 0.344 e. The van der Waals surface area contributed by atoms with E-state index in [9.17, 15) is 19.1 Å². The zero-order chi connectivity index (χ0) is 25.5. The lowest BCUT2D eigenvalue weighted by molar-refractivity contribution is -0.144. The lowest BCUT2D eigenvalue weighted by Gasteiger charge is -2.38. The van der Waals surface area contributed by atoms with E-state index in [1.165, 1.54) is 32.3 Å². The van der Waals surface area contributed by atoms with E-state index in [1.54, 1.807) is 31.2 Å². The molecule has 7 heteroatoms. The highest BCUT2D eigenvalue weighted by molar-refractivity contribution is 5.96. The van der Waals surface area contributed by atoms with Gasteiger partial charge < -0.3 is 20.1 Å². The average Bonchev–Trinajstić information content (AvgIpc) is 2.80. The van der Waals surface area contributed by atoms with Crippen molar-refractivity contribution in [3.63, 3.8) is 0 Å². The summed E-state index contributed by atoms with van der Waals surface area (Å²) in [6, 6.07) is 10.5. The second-order valence-corrected chi connectivity index (χ2v) is 9.94. The summed E-state index contributed by atoms with van der Waals surface area (Å²) >= 11 is 0. The molecule has 2 aromatic carbocycles. The lowest BCUT2D eigenvalue weighted by Crippen LogP contribution is -2.40. The number of carboxylic acids is 1. The van der Waals surface area contributed by atoms with Gasteiger partial charge in [-0.05, 0) is 61.9 Å². The van der Waals surface area contributed by atoms with Gasteiger partial charge in [0.15, 0.2) is 6.10 Å². The Labute approximate surface area is 207 Å². The highest BCUT2D eigenvalue weighted by atomic mass is 19.1. The fourth-order valence-electron chi connectivity index (χ4n) is 4.59. The molecule has 1 saturated carbocycles. The number of ether oxygens (including phenoxy) is 1. The fourth-order valence-corrected chi connectivity index (χ4v) is 4.59. The van der Waals surface area contributed by atoms with Crippen LogP contribution in [0.5, 0.6) is 5.75 Å². The van der Waals surface area contributed by atoms with Gasteiger partial charge in [0.05, 0.1) is 17.8 Å². The summed E-state index contributed by atoms with van der Waals surface area (Å²) in [6.45, 7) is 8.42. The van der Waals surface area contributed by atoms with E-state index in [-0.39, 0.29) is 12.3 Å². The molecule has 0 radical (unpaired) electrons. The molecule has 0 bridgehead atoms. The number of amides is 1. The van der Waals surface area contributed by atoms with E-state index in [0.717, 1.165) is 30.6 Å². The first-order valence-corrected chi connectivity index (χ1v) is 12.5. The first kappa shape index (κ1) is 26.5. The van der Waals surface area contributed by atoms with E-state index in [0.29, 0.717) is 29.0 Å². The molecular weight excluding hydrogens is 447 g/mol. The molecule has 0 aliphatic heterocycles. The number of carbonyl (C=O) groups is 2. The number of aliphatic carboxylic acids is 1. The first-order valence-electron chi connectivity index (χ1n) is 12.5. The van der Waals surface area contributed by atoms with Crippen LogP contribution in [0.2, 0.25) is 0 Å². The molecule has 0 aromatic heterocycles. The van der Waals surface area contributed by atoms with E-state index in [4.69, 9.17) is 4.74 Å². The predicted molar refractivity (Wildman–Crippen MR) is 137 cm³/mol. The van der Waals surface area contributed by atoms with Gasteiger partial charge in [0.1, 0.15) is 11.6 Å². The number of halogens is 1. The number of nitrogens with zero attached hydrogens (tertiary/aromatic N) is 1. The first-order chi connectivity index (χ1) is 16.6. The van der Waals surface area contributed by atoms with Crippen molar-refractivity contribution in [2.75, 3.05) is 16.8 Å². The van der Waals surface area contributed by atoms with Gasteiger partial charge in [-0.1, -0.05) is 45.2 Å². The Hall–Kier alpha value is -3.09. The van der Waals surface area contributed by atoms with Gasteiger partial charge in [-0.25, -0.2) is 9.18 Å². The number of nitrogens with one attached hydrogen (secondary N) is 1. The summed E-state index contributed by atoms with van der Waals surface area (Å²) in [5, 5.41) is 12.2. The molecule has 1 aliphatic carbocycles. The van der Waals surface area contributed by atoms with Crippen molar-refractivity contribution in [3.8, 4) is 5.75 Å². The van der Waals surface area contributed by atoms with Crippen molar-refractivity contribution in [2.24, 2.45) is 5.92 Å². The number of hydrogen-bond acceptors (Lipinski definition) is 4. The quantitative estimate of drug-likeness (QED) is 0.435. The molecule has 35 heavy (non-hydrogen) atoms. The summed E-state index contributed by atoms with van der Waals surface area (Å²) in [4.78, 5) is 26.7. The number of hydrogen-bond donors (Lipinski definition) is 2. The molecular formula is C28H37FN2O4. The van der Waals surface area contributed by atoms with Crippen LogP contribution in [0.3, 0.4) is 0 Å². The van der Waals surface area contributed by atoms with Crippen molar-refractivity contribution in [3.05, 3.63) is 53.3 Å². The molecule has 3 rings (SSSR count). The molecule has 1 aliphatic rings. The minimum absolute atomic E-state index is 0.101. The zero-order valence-electron chi connectivity index (χ0n) is 21.1. The van der Waals surface area contributed by atoms with Crippen molar-refractivity contribution in [1.29, 1.82) is 0 Å². The Balaban J connectivity index is 1.93. The van der Waals surface area contributed by atoms with Gasteiger partial charge in [0.25, 0.3) is 0 Å². The van der Waals surface area contributed by atoms with Gasteiger partial charge in [-0.15, -0.1) is 0 Å². The topological polar surface area (TPSA) is 78.9 Å². The molecule has 0 saturated heterocycles. The Morgan fingerprint density at radius 1 is 1.11 bits per heavy atom. The van der Waals surface area contributed by atoms with Gasteiger partial charge in [-0.3, -0.25) is 4.79 Å². The average molecular weight is 485 g/mol. The zero-order valence-corrected chi connectivity index (χ0v) is 21.1. The van der Waals surface area contributed by atoms with Crippen molar-refractivity contribution >= 4 is 23.3 Å². The molecule has 1 atom stereocenters. The second-order valence-electron chi connectivity index (χ2n) is 9.94. The predicted octanol–water partition coefficient (Wildman–Crippen LogP) is 5.96. The maximum atomic E-state index is 14.4. The third kappa shape index (κ3) is 7.44. The summed E-state index contributed by atoms with van der Waals surface area (Å²) in [5.41, 5.74) is 2.54. The van der Waals surface area contributed by atoms with Crippen molar-refractivity contribution in [2.45, 2.75) is 78.4 Å². The lowest BCUT2D eigenvalue weighted by atomic mass is 9.93. The third-order valence-corrected chi connectivity index (χ3v) is 6.35. The van der Waals surface area contributed by atoms with Crippen LogP contribution in [0.1, 0.15) is 64.0 Å². The molecule has 1 amide bonds. The van der Waals surface area contributed by atoms with E-state index < -0.39 is 17.9 Å². The van der Waals surface area contributed by atoms with Crippen LogP contribution in [0, 0.1) is 18.7 Å². The summed E-state index contributed by atoms with van der Waals surface area (Å²) in [7, 11) is 0. The van der Waals surface area contributed by atoms with Gasteiger partial charge in [0, 0.05) is 18.7 Å². The number of carboxylic acid groups (broad SMARTS) is 1. The Morgan fingerprint density at radius 2 is 1.83 bits per heavy atom. The minimum atomic E-state index is -1.07. The third-order valence-electron chi connectivity index (χ3n) is 6.35. The van der Waals surface area contributed by atoms with Gasteiger partial charge >= 0.3 is 5.97 Å². The van der Waals surface area contributed by atoms with E-state index >= 15 is 0 Å². The van der Waals surface area contributed by atoms with Crippen molar-refractivity contribution in [1.82, 2.24) is 0 Å². The monoisotopic (exact) mass is 484 g/mol. The molecule has 1 fully saturated rings. The molecule has 1 unspecified atom stereocenters. The van der Waals surface area contributed by atoms with Crippen LogP contribution in [-0.2, 0) is 16.0 Å². The highest BCUT2D eigenvalue weighted by Crippen LogP contribution is 2.36. The normalized spacial score (nSPS) is 15.0. The van der Waals surface area contributed by atoms with Crippen LogP contribution in [-0.4, -0.2) is 35.7 Å². The second kappa shape index (κ2) is 12.0. The number of aryl methyl sites for hydroxylation is 1. The molecule has 0 heterocycles. The molecule has 2 N–H and O–H groups in total. The van der Waals surface area contributed by atoms with Crippen molar-refractivity contribution < 1.29 is 23.8 Å². The highest BCUT2D eigenvalue weighted by Gasteiger charge is 2.25. The van der Waals surface area contributed by atoms with Crippen LogP contribution in [0.15, 0.2) is 36.4 Å². The number of rotatable bonds is 10.